The minimum Gasteiger partial charge on any atom is -0.349 e. The molecule has 6 nitrogen and oxygen atoms in total. The van der Waals surface area contributed by atoms with Crippen molar-refractivity contribution in [3.63, 3.8) is 0 Å². The summed E-state index contributed by atoms with van der Waals surface area (Å²) in [6.07, 6.45) is 0.239. The fraction of sp³-hybridized carbons (Fsp3) is 0.444. The van der Waals surface area contributed by atoms with Gasteiger partial charge in [-0.05, 0) is 31.5 Å². The number of nitrogens with one attached hydrogen (secondary N) is 1. The topological polar surface area (TPSA) is 79.4 Å². The van der Waals surface area contributed by atoms with E-state index in [1.165, 1.54) is 15.6 Å². The molecule has 0 fully saturated rings. The van der Waals surface area contributed by atoms with Crippen molar-refractivity contribution in [3.8, 4) is 0 Å². The Kier molecular flexibility index (Phi) is 6.91. The molecule has 1 aromatic heterocycles. The van der Waals surface area contributed by atoms with Gasteiger partial charge in [0.15, 0.2) is 0 Å². The lowest BCUT2D eigenvalue weighted by molar-refractivity contribution is -0.121. The van der Waals surface area contributed by atoms with Crippen molar-refractivity contribution in [3.05, 3.63) is 45.9 Å². The smallest absolute Gasteiger partial charge is 0.243 e. The molecule has 0 spiro atoms. The van der Waals surface area contributed by atoms with Crippen LogP contribution in [0.5, 0.6) is 0 Å². The van der Waals surface area contributed by atoms with Gasteiger partial charge in [-0.15, -0.1) is 11.3 Å². The molecule has 2 aromatic rings. The fourth-order valence-corrected chi connectivity index (χ4v) is 4.74. The highest BCUT2D eigenvalue weighted by molar-refractivity contribution is 7.89. The summed E-state index contributed by atoms with van der Waals surface area (Å²) in [5, 5.41) is 5.74. The van der Waals surface area contributed by atoms with Crippen molar-refractivity contribution < 1.29 is 13.2 Å². The van der Waals surface area contributed by atoms with Crippen molar-refractivity contribution in [1.29, 1.82) is 0 Å². The Labute approximate surface area is 159 Å². The van der Waals surface area contributed by atoms with Crippen LogP contribution in [0.15, 0.2) is 34.5 Å². The quantitative estimate of drug-likeness (QED) is 0.745. The van der Waals surface area contributed by atoms with Crippen LogP contribution in [0.1, 0.15) is 43.1 Å². The highest BCUT2D eigenvalue weighted by Crippen LogP contribution is 2.19. The SMILES string of the molecule is CCN(CC)S(=O)(=O)c1ccc(C(C)NC(=O)Cc2csc(C)n2)cc1. The van der Waals surface area contributed by atoms with Crippen LogP contribution in [0.4, 0.5) is 0 Å². The van der Waals surface area contributed by atoms with Gasteiger partial charge in [-0.2, -0.15) is 4.31 Å². The number of aromatic nitrogens is 1. The molecular formula is C18H25N3O3S2. The van der Waals surface area contributed by atoms with E-state index < -0.39 is 10.0 Å². The average Bonchev–Trinajstić information content (AvgIpc) is 3.00. The number of aryl methyl sites for hydroxylation is 1. The van der Waals surface area contributed by atoms with Gasteiger partial charge in [-0.3, -0.25) is 4.79 Å². The fourth-order valence-electron chi connectivity index (χ4n) is 2.67. The van der Waals surface area contributed by atoms with Gasteiger partial charge in [0.1, 0.15) is 0 Å². The van der Waals surface area contributed by atoms with Crippen molar-refractivity contribution in [2.75, 3.05) is 13.1 Å². The third-order valence-corrected chi connectivity index (χ3v) is 7.00. The van der Waals surface area contributed by atoms with E-state index >= 15 is 0 Å². The zero-order valence-electron chi connectivity index (χ0n) is 15.5. The summed E-state index contributed by atoms with van der Waals surface area (Å²) >= 11 is 1.52. The molecule has 1 N–H and O–H groups in total. The Morgan fingerprint density at radius 1 is 1.23 bits per heavy atom. The Hall–Kier alpha value is -1.77. The first-order chi connectivity index (χ1) is 12.3. The first kappa shape index (κ1) is 20.5. The van der Waals surface area contributed by atoms with Crippen molar-refractivity contribution >= 4 is 27.3 Å². The van der Waals surface area contributed by atoms with Crippen LogP contribution < -0.4 is 5.32 Å². The Morgan fingerprint density at radius 3 is 2.35 bits per heavy atom. The minimum atomic E-state index is -3.47. The number of thiazole rings is 1. The molecule has 0 saturated carbocycles. The van der Waals surface area contributed by atoms with Gasteiger partial charge in [-0.25, -0.2) is 13.4 Å². The third-order valence-electron chi connectivity index (χ3n) is 4.11. The molecule has 0 aliphatic heterocycles. The number of rotatable bonds is 8. The number of hydrogen-bond acceptors (Lipinski definition) is 5. The summed E-state index contributed by atoms with van der Waals surface area (Å²) in [6, 6.07) is 6.46. The van der Waals surface area contributed by atoms with E-state index in [0.29, 0.717) is 13.1 Å². The molecule has 0 aliphatic rings. The number of benzene rings is 1. The Balaban J connectivity index is 2.04. The maximum atomic E-state index is 12.5. The molecule has 1 amide bonds. The molecule has 0 radical (unpaired) electrons. The largest absolute Gasteiger partial charge is 0.349 e. The number of sulfonamides is 1. The van der Waals surface area contributed by atoms with E-state index in [1.807, 2.05) is 33.1 Å². The van der Waals surface area contributed by atoms with Gasteiger partial charge in [0.05, 0.1) is 28.1 Å². The average molecular weight is 396 g/mol. The lowest BCUT2D eigenvalue weighted by atomic mass is 10.1. The van der Waals surface area contributed by atoms with Crippen LogP contribution >= 0.6 is 11.3 Å². The summed E-state index contributed by atoms with van der Waals surface area (Å²) in [6.45, 7) is 8.28. The molecule has 1 unspecified atom stereocenters. The Morgan fingerprint density at radius 2 is 1.85 bits per heavy atom. The molecule has 1 heterocycles. The number of hydrogen-bond donors (Lipinski definition) is 1. The summed E-state index contributed by atoms with van der Waals surface area (Å²) < 4.78 is 26.4. The van der Waals surface area contributed by atoms with Gasteiger partial charge in [0.25, 0.3) is 0 Å². The van der Waals surface area contributed by atoms with E-state index in [9.17, 15) is 13.2 Å². The van der Waals surface area contributed by atoms with E-state index in [1.54, 1.807) is 24.3 Å². The Bertz CT molecular complexity index is 841. The van der Waals surface area contributed by atoms with Crippen molar-refractivity contribution in [1.82, 2.24) is 14.6 Å². The van der Waals surface area contributed by atoms with Gasteiger partial charge in [0, 0.05) is 18.5 Å². The third kappa shape index (κ3) is 4.90. The number of nitrogens with zero attached hydrogens (tertiary/aromatic N) is 2. The van der Waals surface area contributed by atoms with Crippen molar-refractivity contribution in [2.24, 2.45) is 0 Å². The predicted molar refractivity (Wildman–Crippen MR) is 104 cm³/mol. The molecule has 1 aromatic carbocycles. The van der Waals surface area contributed by atoms with Crippen LogP contribution in [0.25, 0.3) is 0 Å². The summed E-state index contributed by atoms with van der Waals surface area (Å²) in [7, 11) is -3.47. The van der Waals surface area contributed by atoms with E-state index in [2.05, 4.69) is 10.3 Å². The standard InChI is InChI=1S/C18H25N3O3S2/c1-5-21(6-2)26(23,24)17-9-7-15(8-10-17)13(3)19-18(22)11-16-12-25-14(4)20-16/h7-10,12-13H,5-6,11H2,1-4H3,(H,19,22). The van der Waals surface area contributed by atoms with E-state index in [0.717, 1.165) is 16.3 Å². The van der Waals surface area contributed by atoms with Crippen LogP contribution in [-0.2, 0) is 21.2 Å². The second-order valence-corrected chi connectivity index (χ2v) is 8.98. The van der Waals surface area contributed by atoms with Crippen LogP contribution in [-0.4, -0.2) is 36.7 Å². The number of carbonyl (C=O) groups excluding carboxylic acids is 1. The highest BCUT2D eigenvalue weighted by Gasteiger charge is 2.21. The van der Waals surface area contributed by atoms with Gasteiger partial charge < -0.3 is 5.32 Å². The summed E-state index contributed by atoms with van der Waals surface area (Å²) in [4.78, 5) is 16.7. The molecule has 0 aliphatic carbocycles. The second kappa shape index (κ2) is 8.75. The summed E-state index contributed by atoms with van der Waals surface area (Å²) in [5.41, 5.74) is 1.61. The second-order valence-electron chi connectivity index (χ2n) is 5.98. The molecule has 8 heteroatoms. The number of amides is 1. The van der Waals surface area contributed by atoms with Crippen LogP contribution in [0, 0.1) is 6.92 Å². The molecule has 142 valence electrons. The zero-order chi connectivity index (χ0) is 19.3. The van der Waals surface area contributed by atoms with Gasteiger partial charge in [0.2, 0.25) is 15.9 Å². The minimum absolute atomic E-state index is 0.109. The normalized spacial score (nSPS) is 13.0. The molecule has 0 bridgehead atoms. The molecule has 0 saturated heterocycles. The summed E-state index contributed by atoms with van der Waals surface area (Å²) in [5.74, 6) is -0.109. The maximum Gasteiger partial charge on any atom is 0.243 e. The predicted octanol–water partition coefficient (Wildman–Crippen LogP) is 2.90. The van der Waals surface area contributed by atoms with Gasteiger partial charge >= 0.3 is 0 Å². The molecular weight excluding hydrogens is 370 g/mol. The van der Waals surface area contributed by atoms with E-state index in [-0.39, 0.29) is 23.3 Å². The van der Waals surface area contributed by atoms with Crippen molar-refractivity contribution in [2.45, 2.75) is 45.1 Å². The van der Waals surface area contributed by atoms with E-state index in [4.69, 9.17) is 0 Å². The first-order valence-electron chi connectivity index (χ1n) is 8.58. The molecule has 2 rings (SSSR count). The lowest BCUT2D eigenvalue weighted by Crippen LogP contribution is -2.30. The van der Waals surface area contributed by atoms with Crippen LogP contribution in [0.3, 0.4) is 0 Å². The van der Waals surface area contributed by atoms with Crippen LogP contribution in [0.2, 0.25) is 0 Å². The maximum absolute atomic E-state index is 12.5. The first-order valence-corrected chi connectivity index (χ1v) is 10.9. The zero-order valence-corrected chi connectivity index (χ0v) is 17.2. The monoisotopic (exact) mass is 395 g/mol. The lowest BCUT2D eigenvalue weighted by Gasteiger charge is -2.19. The molecule has 1 atom stereocenters. The number of carbonyl (C=O) groups is 1. The van der Waals surface area contributed by atoms with Gasteiger partial charge in [-0.1, -0.05) is 26.0 Å². The highest BCUT2D eigenvalue weighted by atomic mass is 32.2. The molecule has 26 heavy (non-hydrogen) atoms.